The van der Waals surface area contributed by atoms with Crippen LogP contribution in [0.1, 0.15) is 29.8 Å². The van der Waals surface area contributed by atoms with Crippen LogP contribution < -0.4 is 10.2 Å². The largest absolute Gasteiger partial charge is 0.508 e. The van der Waals surface area contributed by atoms with E-state index < -0.39 is 0 Å². The van der Waals surface area contributed by atoms with Crippen molar-refractivity contribution in [1.29, 1.82) is 0 Å². The number of phenolic OH excluding ortho intramolecular Hbond substituents is 1. The molecule has 1 aliphatic heterocycles. The van der Waals surface area contributed by atoms with Crippen molar-refractivity contribution < 1.29 is 9.90 Å². The summed E-state index contributed by atoms with van der Waals surface area (Å²) in [5.41, 5.74) is 2.90. The zero-order valence-electron chi connectivity index (χ0n) is 15.4. The summed E-state index contributed by atoms with van der Waals surface area (Å²) in [6.45, 7) is 6.53. The Morgan fingerprint density at radius 2 is 1.77 bits per heavy atom. The van der Waals surface area contributed by atoms with Crippen LogP contribution in [-0.4, -0.2) is 40.6 Å². The molecular weight excluding hydrogens is 328 g/mol. The van der Waals surface area contributed by atoms with Gasteiger partial charge in [0.1, 0.15) is 5.75 Å². The first-order valence-electron chi connectivity index (χ1n) is 9.11. The van der Waals surface area contributed by atoms with Gasteiger partial charge < -0.3 is 15.3 Å². The van der Waals surface area contributed by atoms with Crippen molar-refractivity contribution in [3.05, 3.63) is 47.3 Å². The highest BCUT2D eigenvalue weighted by atomic mass is 16.3. The second-order valence-electron chi connectivity index (χ2n) is 7.03. The Hall–Kier alpha value is -2.63. The van der Waals surface area contributed by atoms with Crippen molar-refractivity contribution in [2.24, 2.45) is 5.92 Å². The first-order valence-corrected chi connectivity index (χ1v) is 9.11. The molecule has 26 heavy (non-hydrogen) atoms. The second-order valence-corrected chi connectivity index (χ2v) is 7.03. The number of aryl methyl sites for hydroxylation is 2. The maximum atomic E-state index is 12.1. The molecule has 1 aliphatic rings. The van der Waals surface area contributed by atoms with Gasteiger partial charge in [-0.2, -0.15) is 0 Å². The third-order valence-electron chi connectivity index (χ3n) is 4.76. The van der Waals surface area contributed by atoms with E-state index in [4.69, 9.17) is 0 Å². The van der Waals surface area contributed by atoms with Gasteiger partial charge in [-0.1, -0.05) is 12.1 Å². The number of aromatic nitrogens is 2. The van der Waals surface area contributed by atoms with E-state index in [0.717, 1.165) is 48.8 Å². The molecule has 6 nitrogen and oxygen atoms in total. The summed E-state index contributed by atoms with van der Waals surface area (Å²) >= 11 is 0. The molecule has 0 atom stereocenters. The molecule has 0 spiro atoms. The van der Waals surface area contributed by atoms with Gasteiger partial charge in [0.15, 0.2) is 0 Å². The van der Waals surface area contributed by atoms with Crippen molar-refractivity contribution in [2.75, 3.05) is 24.5 Å². The molecule has 2 aromatic rings. The van der Waals surface area contributed by atoms with Crippen LogP contribution in [0.2, 0.25) is 0 Å². The fourth-order valence-electron chi connectivity index (χ4n) is 3.31. The molecule has 3 rings (SSSR count). The molecule has 0 unspecified atom stereocenters. The van der Waals surface area contributed by atoms with Crippen LogP contribution in [0.25, 0.3) is 0 Å². The van der Waals surface area contributed by atoms with Crippen molar-refractivity contribution in [3.8, 4) is 5.75 Å². The number of phenols is 1. The average molecular weight is 354 g/mol. The first kappa shape index (κ1) is 18.2. The minimum absolute atomic E-state index is 0.0239. The highest BCUT2D eigenvalue weighted by Gasteiger charge is 2.21. The van der Waals surface area contributed by atoms with E-state index in [9.17, 15) is 9.90 Å². The third kappa shape index (κ3) is 4.94. The van der Waals surface area contributed by atoms with Gasteiger partial charge in [0.2, 0.25) is 11.9 Å². The lowest BCUT2D eigenvalue weighted by atomic mass is 9.97. The number of rotatable bonds is 5. The molecule has 0 aliphatic carbocycles. The fraction of sp³-hybridized carbons (Fsp3) is 0.450. The molecule has 6 heteroatoms. The quantitative estimate of drug-likeness (QED) is 0.862. The molecule has 1 saturated heterocycles. The number of hydrogen-bond donors (Lipinski definition) is 2. The number of piperidine rings is 1. The van der Waals surface area contributed by atoms with Gasteiger partial charge in [-0.25, -0.2) is 9.97 Å². The normalized spacial score (nSPS) is 15.1. The van der Waals surface area contributed by atoms with Crippen molar-refractivity contribution >= 4 is 11.9 Å². The average Bonchev–Trinajstić information content (AvgIpc) is 2.61. The SMILES string of the molecule is Cc1cc(C)nc(N2CCC(CNC(=O)Cc3ccc(O)cc3)CC2)n1. The van der Waals surface area contributed by atoms with Crippen molar-refractivity contribution in [2.45, 2.75) is 33.1 Å². The molecule has 1 amide bonds. The highest BCUT2D eigenvalue weighted by molar-refractivity contribution is 5.78. The number of nitrogens with zero attached hydrogens (tertiary/aromatic N) is 3. The topological polar surface area (TPSA) is 78.4 Å². The molecule has 0 bridgehead atoms. The molecule has 1 aromatic heterocycles. The van der Waals surface area contributed by atoms with E-state index in [2.05, 4.69) is 20.2 Å². The predicted octanol–water partition coefficient (Wildman–Crippen LogP) is 2.37. The predicted molar refractivity (Wildman–Crippen MR) is 101 cm³/mol. The summed E-state index contributed by atoms with van der Waals surface area (Å²) in [4.78, 5) is 23.4. The lowest BCUT2D eigenvalue weighted by molar-refractivity contribution is -0.120. The van der Waals surface area contributed by atoms with E-state index in [1.54, 1.807) is 24.3 Å². The lowest BCUT2D eigenvalue weighted by Gasteiger charge is -2.32. The van der Waals surface area contributed by atoms with Gasteiger partial charge in [0, 0.05) is 31.0 Å². The van der Waals surface area contributed by atoms with E-state index in [1.807, 2.05) is 19.9 Å². The number of amides is 1. The molecule has 0 radical (unpaired) electrons. The van der Waals surface area contributed by atoms with E-state index >= 15 is 0 Å². The molecule has 1 fully saturated rings. The molecule has 2 heterocycles. The Morgan fingerprint density at radius 1 is 1.15 bits per heavy atom. The van der Waals surface area contributed by atoms with Gasteiger partial charge in [-0.3, -0.25) is 4.79 Å². The molecule has 138 valence electrons. The monoisotopic (exact) mass is 354 g/mol. The van der Waals surface area contributed by atoms with Crippen LogP contribution in [0.5, 0.6) is 5.75 Å². The Morgan fingerprint density at radius 3 is 2.38 bits per heavy atom. The van der Waals surface area contributed by atoms with E-state index in [-0.39, 0.29) is 11.7 Å². The summed E-state index contributed by atoms with van der Waals surface area (Å²) in [6, 6.07) is 8.75. The third-order valence-corrected chi connectivity index (χ3v) is 4.76. The Balaban J connectivity index is 1.43. The molecule has 0 saturated carbocycles. The van der Waals surface area contributed by atoms with E-state index in [1.165, 1.54) is 0 Å². The van der Waals surface area contributed by atoms with E-state index in [0.29, 0.717) is 18.9 Å². The summed E-state index contributed by atoms with van der Waals surface area (Å²) in [7, 11) is 0. The van der Waals surface area contributed by atoms with Crippen molar-refractivity contribution in [1.82, 2.24) is 15.3 Å². The summed E-state index contributed by atoms with van der Waals surface area (Å²) in [5, 5.41) is 12.3. The zero-order chi connectivity index (χ0) is 18.5. The van der Waals surface area contributed by atoms with Crippen LogP contribution >= 0.6 is 0 Å². The van der Waals surface area contributed by atoms with Crippen LogP contribution in [-0.2, 0) is 11.2 Å². The molecule has 1 aromatic carbocycles. The van der Waals surface area contributed by atoms with Gasteiger partial charge in [-0.05, 0) is 56.4 Å². The maximum absolute atomic E-state index is 12.1. The second kappa shape index (κ2) is 8.17. The number of benzene rings is 1. The maximum Gasteiger partial charge on any atom is 0.225 e. The lowest BCUT2D eigenvalue weighted by Crippen LogP contribution is -2.39. The van der Waals surface area contributed by atoms with Crippen LogP contribution in [0.15, 0.2) is 30.3 Å². The fourth-order valence-corrected chi connectivity index (χ4v) is 3.31. The van der Waals surface area contributed by atoms with Gasteiger partial charge in [0.05, 0.1) is 6.42 Å². The van der Waals surface area contributed by atoms with Crippen LogP contribution in [0.4, 0.5) is 5.95 Å². The molecular formula is C20H26N4O2. The standard InChI is InChI=1S/C20H26N4O2/c1-14-11-15(2)23-20(22-14)24-9-7-17(8-10-24)13-21-19(26)12-16-3-5-18(25)6-4-16/h3-6,11,17,25H,7-10,12-13H2,1-2H3,(H,21,26). The van der Waals surface area contributed by atoms with Crippen LogP contribution in [0.3, 0.4) is 0 Å². The minimum atomic E-state index is 0.0239. The Labute approximate surface area is 154 Å². The van der Waals surface area contributed by atoms with Gasteiger partial charge in [0.25, 0.3) is 0 Å². The van der Waals surface area contributed by atoms with Crippen LogP contribution in [0, 0.1) is 19.8 Å². The minimum Gasteiger partial charge on any atom is -0.508 e. The smallest absolute Gasteiger partial charge is 0.225 e. The summed E-state index contributed by atoms with van der Waals surface area (Å²) < 4.78 is 0. The van der Waals surface area contributed by atoms with Gasteiger partial charge >= 0.3 is 0 Å². The molecule has 2 N–H and O–H groups in total. The summed E-state index contributed by atoms with van der Waals surface area (Å²) in [6.07, 6.45) is 2.39. The van der Waals surface area contributed by atoms with Crippen molar-refractivity contribution in [3.63, 3.8) is 0 Å². The summed E-state index contributed by atoms with van der Waals surface area (Å²) in [5.74, 6) is 1.54. The van der Waals surface area contributed by atoms with Gasteiger partial charge in [-0.15, -0.1) is 0 Å². The number of aromatic hydroxyl groups is 1. The number of hydrogen-bond acceptors (Lipinski definition) is 5. The Bertz CT molecular complexity index is 733. The first-order chi connectivity index (χ1) is 12.5. The number of carbonyl (C=O) groups is 1. The Kier molecular flexibility index (Phi) is 5.71. The highest BCUT2D eigenvalue weighted by Crippen LogP contribution is 2.21. The number of anilines is 1. The number of carbonyl (C=O) groups excluding carboxylic acids is 1. The zero-order valence-corrected chi connectivity index (χ0v) is 15.4. The number of nitrogens with one attached hydrogen (secondary N) is 1.